The number of hydrogen-bond acceptors (Lipinski definition) is 6. The number of rotatable bonds is 6. The minimum Gasteiger partial charge on any atom is -0.449 e. The molecule has 0 fully saturated rings. The Morgan fingerprint density at radius 3 is 2.50 bits per heavy atom. The van der Waals surface area contributed by atoms with Gasteiger partial charge in [0.15, 0.2) is 6.10 Å². The van der Waals surface area contributed by atoms with E-state index < -0.39 is 24.0 Å². The number of Topliss-reactive ketones (excluding diaryl/α,β-unsaturated/α-hetero) is 1. The standard InChI is InChI=1S/C14H16N2O5S/c1-8(17)7-22-11-6-4-3-5-10(11)13(19)21-9(2)12(18)16-14(15)20/h3-6,9H,7H2,1-2H3,(H3,15,16,18,20)/t9-/m1/s1. The second-order valence-electron chi connectivity index (χ2n) is 4.39. The van der Waals surface area contributed by atoms with E-state index in [4.69, 9.17) is 10.5 Å². The number of thioether (sulfide) groups is 1. The van der Waals surface area contributed by atoms with Gasteiger partial charge in [0.25, 0.3) is 5.91 Å². The van der Waals surface area contributed by atoms with Crippen LogP contribution in [0.5, 0.6) is 0 Å². The third-order valence-electron chi connectivity index (χ3n) is 2.44. The summed E-state index contributed by atoms with van der Waals surface area (Å²) in [5.41, 5.74) is 5.06. The topological polar surface area (TPSA) is 116 Å². The number of nitrogens with one attached hydrogen (secondary N) is 1. The van der Waals surface area contributed by atoms with Crippen LogP contribution in [0.3, 0.4) is 0 Å². The van der Waals surface area contributed by atoms with Crippen LogP contribution in [-0.4, -0.2) is 35.5 Å². The quantitative estimate of drug-likeness (QED) is 0.598. The van der Waals surface area contributed by atoms with Crippen LogP contribution in [-0.2, 0) is 14.3 Å². The van der Waals surface area contributed by atoms with Crippen molar-refractivity contribution >= 4 is 35.5 Å². The molecule has 3 amide bonds. The number of urea groups is 1. The summed E-state index contributed by atoms with van der Waals surface area (Å²) >= 11 is 1.20. The summed E-state index contributed by atoms with van der Waals surface area (Å²) in [7, 11) is 0. The number of amides is 3. The molecule has 1 aromatic carbocycles. The molecule has 7 nitrogen and oxygen atoms in total. The summed E-state index contributed by atoms with van der Waals surface area (Å²) in [6, 6.07) is 5.55. The smallest absolute Gasteiger partial charge is 0.340 e. The number of benzene rings is 1. The van der Waals surface area contributed by atoms with Gasteiger partial charge in [0.2, 0.25) is 0 Å². The van der Waals surface area contributed by atoms with E-state index in [-0.39, 0.29) is 17.1 Å². The van der Waals surface area contributed by atoms with Crippen molar-refractivity contribution in [2.24, 2.45) is 5.73 Å². The molecule has 3 N–H and O–H groups in total. The van der Waals surface area contributed by atoms with Gasteiger partial charge in [0, 0.05) is 4.90 Å². The lowest BCUT2D eigenvalue weighted by molar-refractivity contribution is -0.127. The third-order valence-corrected chi connectivity index (χ3v) is 3.66. The number of ether oxygens (including phenoxy) is 1. The van der Waals surface area contributed by atoms with Crippen LogP contribution in [0, 0.1) is 0 Å². The van der Waals surface area contributed by atoms with Crippen LogP contribution in [0.2, 0.25) is 0 Å². The van der Waals surface area contributed by atoms with Gasteiger partial charge < -0.3 is 10.5 Å². The van der Waals surface area contributed by atoms with Crippen molar-refractivity contribution in [2.45, 2.75) is 24.8 Å². The first-order valence-electron chi connectivity index (χ1n) is 6.33. The fraction of sp³-hybridized carbons (Fsp3) is 0.286. The van der Waals surface area contributed by atoms with Crippen molar-refractivity contribution in [3.05, 3.63) is 29.8 Å². The van der Waals surface area contributed by atoms with Crippen molar-refractivity contribution in [3.63, 3.8) is 0 Å². The predicted octanol–water partition coefficient (Wildman–Crippen LogP) is 1.11. The predicted molar refractivity (Wildman–Crippen MR) is 80.5 cm³/mol. The minimum absolute atomic E-state index is 0.0256. The van der Waals surface area contributed by atoms with Crippen LogP contribution in [0.15, 0.2) is 29.2 Å². The number of carbonyl (C=O) groups excluding carboxylic acids is 4. The van der Waals surface area contributed by atoms with E-state index in [2.05, 4.69) is 0 Å². The maximum absolute atomic E-state index is 12.1. The Morgan fingerprint density at radius 1 is 1.27 bits per heavy atom. The Kier molecular flexibility index (Phi) is 6.58. The van der Waals surface area contributed by atoms with Crippen LogP contribution >= 0.6 is 11.8 Å². The molecule has 1 aromatic rings. The molecule has 0 radical (unpaired) electrons. The molecule has 118 valence electrons. The van der Waals surface area contributed by atoms with Crippen molar-refractivity contribution in [1.29, 1.82) is 0 Å². The summed E-state index contributed by atoms with van der Waals surface area (Å²) in [5.74, 6) is -1.34. The van der Waals surface area contributed by atoms with Gasteiger partial charge in [-0.1, -0.05) is 12.1 Å². The lowest BCUT2D eigenvalue weighted by atomic mass is 10.2. The molecule has 8 heteroatoms. The van der Waals surface area contributed by atoms with Crippen LogP contribution in [0.1, 0.15) is 24.2 Å². The zero-order valence-electron chi connectivity index (χ0n) is 12.1. The number of esters is 1. The fourth-order valence-corrected chi connectivity index (χ4v) is 2.28. The molecule has 0 aliphatic heterocycles. The highest BCUT2D eigenvalue weighted by Gasteiger charge is 2.21. The van der Waals surface area contributed by atoms with Gasteiger partial charge in [0.1, 0.15) is 5.78 Å². The summed E-state index contributed by atoms with van der Waals surface area (Å²) in [5, 5.41) is 1.83. The molecule has 0 saturated carbocycles. The number of hydrogen-bond donors (Lipinski definition) is 2. The number of imide groups is 1. The van der Waals surface area contributed by atoms with E-state index in [1.807, 2.05) is 5.32 Å². The molecule has 0 aliphatic rings. The summed E-state index contributed by atoms with van der Waals surface area (Å²) < 4.78 is 4.99. The first-order chi connectivity index (χ1) is 10.3. The van der Waals surface area contributed by atoms with E-state index in [9.17, 15) is 19.2 Å². The Labute approximate surface area is 131 Å². The largest absolute Gasteiger partial charge is 0.449 e. The van der Waals surface area contributed by atoms with Gasteiger partial charge in [0.05, 0.1) is 11.3 Å². The molecule has 0 aromatic heterocycles. The van der Waals surface area contributed by atoms with Crippen LogP contribution in [0.25, 0.3) is 0 Å². The Hall–Kier alpha value is -2.35. The first-order valence-corrected chi connectivity index (χ1v) is 7.32. The Bertz CT molecular complexity index is 603. The van der Waals surface area contributed by atoms with E-state index in [1.165, 1.54) is 31.7 Å². The highest BCUT2D eigenvalue weighted by molar-refractivity contribution is 8.00. The average Bonchev–Trinajstić information content (AvgIpc) is 2.44. The van der Waals surface area contributed by atoms with E-state index >= 15 is 0 Å². The molecule has 1 rings (SSSR count). The van der Waals surface area contributed by atoms with Crippen LogP contribution in [0.4, 0.5) is 4.79 Å². The van der Waals surface area contributed by atoms with Crippen LogP contribution < -0.4 is 11.1 Å². The van der Waals surface area contributed by atoms with Gasteiger partial charge in [-0.2, -0.15) is 0 Å². The molecule has 0 spiro atoms. The summed E-state index contributed by atoms with van der Waals surface area (Å²) in [6.45, 7) is 2.77. The number of nitrogens with two attached hydrogens (primary N) is 1. The van der Waals surface area contributed by atoms with E-state index in [1.54, 1.807) is 18.2 Å². The van der Waals surface area contributed by atoms with Crippen molar-refractivity contribution < 1.29 is 23.9 Å². The fourth-order valence-electron chi connectivity index (χ4n) is 1.44. The normalized spacial score (nSPS) is 11.4. The number of primary amides is 1. The molecule has 0 unspecified atom stereocenters. The minimum atomic E-state index is -1.18. The molecule has 0 aliphatic carbocycles. The van der Waals surface area contributed by atoms with Gasteiger partial charge in [-0.25, -0.2) is 9.59 Å². The molecule has 22 heavy (non-hydrogen) atoms. The molecule has 1 atom stereocenters. The third kappa shape index (κ3) is 5.57. The second-order valence-corrected chi connectivity index (χ2v) is 5.41. The molecule has 0 saturated heterocycles. The van der Waals surface area contributed by atoms with Crippen molar-refractivity contribution in [3.8, 4) is 0 Å². The average molecular weight is 324 g/mol. The SMILES string of the molecule is CC(=O)CSc1ccccc1C(=O)O[C@H](C)C(=O)NC(N)=O. The Balaban J connectivity index is 2.78. The summed E-state index contributed by atoms with van der Waals surface area (Å²) in [4.78, 5) is 45.8. The van der Waals surface area contributed by atoms with Crippen molar-refractivity contribution in [2.75, 3.05) is 5.75 Å². The van der Waals surface area contributed by atoms with Gasteiger partial charge in [-0.05, 0) is 26.0 Å². The maximum Gasteiger partial charge on any atom is 0.340 e. The first kappa shape index (κ1) is 17.7. The second kappa shape index (κ2) is 8.18. The lowest BCUT2D eigenvalue weighted by Gasteiger charge is -2.13. The van der Waals surface area contributed by atoms with E-state index in [0.29, 0.717) is 4.90 Å². The molecule has 0 heterocycles. The zero-order valence-corrected chi connectivity index (χ0v) is 12.9. The lowest BCUT2D eigenvalue weighted by Crippen LogP contribution is -2.42. The molecule has 0 bridgehead atoms. The van der Waals surface area contributed by atoms with E-state index in [0.717, 1.165) is 0 Å². The highest BCUT2D eigenvalue weighted by Crippen LogP contribution is 2.23. The van der Waals surface area contributed by atoms with Crippen molar-refractivity contribution in [1.82, 2.24) is 5.32 Å². The van der Waals surface area contributed by atoms with Gasteiger partial charge in [-0.15, -0.1) is 11.8 Å². The molecular formula is C14H16N2O5S. The number of ketones is 1. The zero-order chi connectivity index (χ0) is 16.7. The monoisotopic (exact) mass is 324 g/mol. The van der Waals surface area contributed by atoms with Gasteiger partial charge >= 0.3 is 12.0 Å². The van der Waals surface area contributed by atoms with Gasteiger partial charge in [-0.3, -0.25) is 14.9 Å². The maximum atomic E-state index is 12.1. The molecular weight excluding hydrogens is 308 g/mol. The number of carbonyl (C=O) groups is 4. The summed E-state index contributed by atoms with van der Waals surface area (Å²) in [6.07, 6.45) is -1.18. The highest BCUT2D eigenvalue weighted by atomic mass is 32.2. The Morgan fingerprint density at radius 2 is 1.91 bits per heavy atom.